The lowest BCUT2D eigenvalue weighted by atomic mass is 10.1. The third kappa shape index (κ3) is 2.73. The van der Waals surface area contributed by atoms with Gasteiger partial charge in [-0.1, -0.05) is 18.2 Å². The fraction of sp³-hybridized carbons (Fsp3) is 0.533. The number of hydrogen-bond donors (Lipinski definition) is 2. The molecular weight excluding hydrogens is 256 g/mol. The fourth-order valence-corrected chi connectivity index (χ4v) is 4.07. The topological polar surface area (TPSA) is 41.1 Å². The largest absolute Gasteiger partial charge is 0.373 e. The summed E-state index contributed by atoms with van der Waals surface area (Å²) in [5.41, 5.74) is 2.34. The van der Waals surface area contributed by atoms with E-state index in [1.165, 1.54) is 24.2 Å². The van der Waals surface area contributed by atoms with Crippen LogP contribution in [0.15, 0.2) is 24.3 Å². The van der Waals surface area contributed by atoms with Gasteiger partial charge in [-0.25, -0.2) is 0 Å². The van der Waals surface area contributed by atoms with Crippen LogP contribution < -0.4 is 10.6 Å². The van der Waals surface area contributed by atoms with E-state index < -0.39 is 0 Å². The van der Waals surface area contributed by atoms with Crippen molar-refractivity contribution in [2.45, 2.75) is 37.0 Å². The molecular formula is C15H20N2OS. The van der Waals surface area contributed by atoms with Gasteiger partial charge in [0.1, 0.15) is 6.04 Å². The van der Waals surface area contributed by atoms with Gasteiger partial charge in [0.2, 0.25) is 5.91 Å². The quantitative estimate of drug-likeness (QED) is 0.891. The Bertz CT molecular complexity index is 458. The number of hydrogen-bond acceptors (Lipinski definition) is 3. The SMILES string of the molecule is CC1(CNC(=O)[C@@H]2Cc3ccccc3N2)CCCS1. The minimum Gasteiger partial charge on any atom is -0.373 e. The van der Waals surface area contributed by atoms with E-state index in [0.29, 0.717) is 0 Å². The number of nitrogens with one attached hydrogen (secondary N) is 2. The van der Waals surface area contributed by atoms with Crippen LogP contribution in [-0.4, -0.2) is 29.0 Å². The third-order valence-corrected chi connectivity index (χ3v) is 5.56. The van der Waals surface area contributed by atoms with Crippen molar-refractivity contribution < 1.29 is 4.79 Å². The van der Waals surface area contributed by atoms with Gasteiger partial charge in [0.15, 0.2) is 0 Å². The Labute approximate surface area is 118 Å². The second-order valence-corrected chi connectivity index (χ2v) is 7.36. The Kier molecular flexibility index (Phi) is 3.44. The summed E-state index contributed by atoms with van der Waals surface area (Å²) in [6.07, 6.45) is 3.27. The number of thioether (sulfide) groups is 1. The summed E-state index contributed by atoms with van der Waals surface area (Å²) in [6, 6.07) is 8.05. The normalized spacial score (nSPS) is 28.8. The maximum absolute atomic E-state index is 12.2. The molecule has 1 unspecified atom stereocenters. The lowest BCUT2D eigenvalue weighted by molar-refractivity contribution is -0.121. The second-order valence-electron chi connectivity index (χ2n) is 5.68. The number of amides is 1. The Hall–Kier alpha value is -1.16. The first-order valence-electron chi connectivity index (χ1n) is 6.92. The predicted octanol–water partition coefficient (Wildman–Crippen LogP) is 2.43. The lowest BCUT2D eigenvalue weighted by Gasteiger charge is -2.24. The highest BCUT2D eigenvalue weighted by Crippen LogP contribution is 2.37. The number of carbonyl (C=O) groups is 1. The molecule has 1 fully saturated rings. The standard InChI is InChI=1S/C15H20N2OS/c1-15(7-4-8-19-15)10-16-14(18)13-9-11-5-2-3-6-12(11)17-13/h2-3,5-6,13,17H,4,7-10H2,1H3,(H,16,18)/t13-,15?/m0/s1. The molecule has 3 rings (SSSR count). The molecule has 1 aromatic rings. The van der Waals surface area contributed by atoms with Gasteiger partial charge in [-0.05, 0) is 37.1 Å². The summed E-state index contributed by atoms with van der Waals surface area (Å²) in [7, 11) is 0. The van der Waals surface area contributed by atoms with Crippen molar-refractivity contribution in [2.75, 3.05) is 17.6 Å². The molecule has 0 aliphatic carbocycles. The molecule has 1 amide bonds. The Balaban J connectivity index is 1.55. The molecule has 0 bridgehead atoms. The van der Waals surface area contributed by atoms with E-state index in [-0.39, 0.29) is 16.7 Å². The van der Waals surface area contributed by atoms with E-state index in [1.54, 1.807) is 0 Å². The number of rotatable bonds is 3. The summed E-state index contributed by atoms with van der Waals surface area (Å²) in [6.45, 7) is 3.03. The molecule has 2 aliphatic rings. The van der Waals surface area contributed by atoms with Crippen LogP contribution in [0.1, 0.15) is 25.3 Å². The van der Waals surface area contributed by atoms with Gasteiger partial charge in [0.25, 0.3) is 0 Å². The minimum absolute atomic E-state index is 0.104. The highest BCUT2D eigenvalue weighted by molar-refractivity contribution is 8.00. The van der Waals surface area contributed by atoms with Gasteiger partial charge in [0, 0.05) is 23.4 Å². The van der Waals surface area contributed by atoms with E-state index in [1.807, 2.05) is 30.0 Å². The summed E-state index contributed by atoms with van der Waals surface area (Å²) >= 11 is 1.98. The van der Waals surface area contributed by atoms with E-state index in [9.17, 15) is 4.79 Å². The zero-order valence-electron chi connectivity index (χ0n) is 11.2. The molecule has 0 aromatic heterocycles. The van der Waals surface area contributed by atoms with Crippen molar-refractivity contribution >= 4 is 23.4 Å². The number of fused-ring (bicyclic) bond motifs is 1. The molecule has 0 radical (unpaired) electrons. The van der Waals surface area contributed by atoms with Crippen LogP contribution in [0.2, 0.25) is 0 Å². The first-order chi connectivity index (χ1) is 9.16. The van der Waals surface area contributed by atoms with E-state index in [4.69, 9.17) is 0 Å². The molecule has 2 N–H and O–H groups in total. The van der Waals surface area contributed by atoms with E-state index >= 15 is 0 Å². The first-order valence-corrected chi connectivity index (χ1v) is 7.91. The second kappa shape index (κ2) is 5.08. The van der Waals surface area contributed by atoms with Crippen LogP contribution in [0, 0.1) is 0 Å². The highest BCUT2D eigenvalue weighted by Gasteiger charge is 2.32. The van der Waals surface area contributed by atoms with Crippen molar-refractivity contribution in [1.82, 2.24) is 5.32 Å². The molecule has 1 aromatic carbocycles. The Morgan fingerprint density at radius 3 is 3.11 bits per heavy atom. The van der Waals surface area contributed by atoms with Gasteiger partial charge in [-0.3, -0.25) is 4.79 Å². The fourth-order valence-electron chi connectivity index (χ4n) is 2.83. The van der Waals surface area contributed by atoms with Gasteiger partial charge in [-0.2, -0.15) is 11.8 Å². The van der Waals surface area contributed by atoms with Crippen molar-refractivity contribution in [3.05, 3.63) is 29.8 Å². The van der Waals surface area contributed by atoms with Crippen molar-refractivity contribution in [2.24, 2.45) is 0 Å². The van der Waals surface area contributed by atoms with Crippen LogP contribution in [0.3, 0.4) is 0 Å². The molecule has 2 atom stereocenters. The van der Waals surface area contributed by atoms with Gasteiger partial charge >= 0.3 is 0 Å². The van der Waals surface area contributed by atoms with Crippen LogP contribution >= 0.6 is 11.8 Å². The average Bonchev–Trinajstić information content (AvgIpc) is 3.02. The maximum atomic E-state index is 12.2. The highest BCUT2D eigenvalue weighted by atomic mass is 32.2. The third-order valence-electron chi connectivity index (χ3n) is 4.02. The van der Waals surface area contributed by atoms with Gasteiger partial charge in [0.05, 0.1) is 0 Å². The van der Waals surface area contributed by atoms with Gasteiger partial charge in [-0.15, -0.1) is 0 Å². The van der Waals surface area contributed by atoms with Crippen LogP contribution in [0.25, 0.3) is 0 Å². The van der Waals surface area contributed by atoms with Crippen LogP contribution in [-0.2, 0) is 11.2 Å². The van der Waals surface area contributed by atoms with Crippen molar-refractivity contribution in [1.29, 1.82) is 0 Å². The molecule has 4 heteroatoms. The van der Waals surface area contributed by atoms with Crippen LogP contribution in [0.4, 0.5) is 5.69 Å². The molecule has 0 spiro atoms. The zero-order chi connectivity index (χ0) is 13.3. The summed E-state index contributed by atoms with van der Waals surface area (Å²) in [5.74, 6) is 1.35. The van der Waals surface area contributed by atoms with Crippen molar-refractivity contribution in [3.8, 4) is 0 Å². The summed E-state index contributed by atoms with van der Waals surface area (Å²) in [5, 5.41) is 6.42. The molecule has 19 heavy (non-hydrogen) atoms. The number of anilines is 1. The average molecular weight is 276 g/mol. The van der Waals surface area contributed by atoms with E-state index in [2.05, 4.69) is 23.6 Å². The molecule has 1 saturated heterocycles. The van der Waals surface area contributed by atoms with Gasteiger partial charge < -0.3 is 10.6 Å². The maximum Gasteiger partial charge on any atom is 0.242 e. The van der Waals surface area contributed by atoms with E-state index in [0.717, 1.165) is 18.7 Å². The Morgan fingerprint density at radius 2 is 2.37 bits per heavy atom. The smallest absolute Gasteiger partial charge is 0.242 e. The molecule has 2 aliphatic heterocycles. The van der Waals surface area contributed by atoms with Crippen molar-refractivity contribution in [3.63, 3.8) is 0 Å². The molecule has 102 valence electrons. The lowest BCUT2D eigenvalue weighted by Crippen LogP contribution is -2.44. The molecule has 0 saturated carbocycles. The number of para-hydroxylation sites is 1. The predicted molar refractivity (Wildman–Crippen MR) is 80.7 cm³/mol. The minimum atomic E-state index is -0.104. The number of carbonyl (C=O) groups excluding carboxylic acids is 1. The molecule has 2 heterocycles. The zero-order valence-corrected chi connectivity index (χ0v) is 12.1. The summed E-state index contributed by atoms with van der Waals surface area (Å²) < 4.78 is 0.237. The summed E-state index contributed by atoms with van der Waals surface area (Å²) in [4.78, 5) is 12.2. The van der Waals surface area contributed by atoms with Crippen LogP contribution in [0.5, 0.6) is 0 Å². The monoisotopic (exact) mass is 276 g/mol. The first kappa shape index (κ1) is 12.9. The molecule has 3 nitrogen and oxygen atoms in total. The number of benzene rings is 1. The Morgan fingerprint density at radius 1 is 1.53 bits per heavy atom.